The van der Waals surface area contributed by atoms with Crippen molar-refractivity contribution in [3.63, 3.8) is 0 Å². The van der Waals surface area contributed by atoms with Crippen LogP contribution in [-0.4, -0.2) is 5.11 Å². The van der Waals surface area contributed by atoms with Gasteiger partial charge in [-0.3, -0.25) is 0 Å². The molecule has 0 aliphatic carbocycles. The average molecular weight is 188 g/mol. The fraction of sp³-hybridized carbons (Fsp3) is 0.111. The van der Waals surface area contributed by atoms with E-state index in [1.54, 1.807) is 0 Å². The van der Waals surface area contributed by atoms with E-state index in [0.717, 1.165) is 6.07 Å². The quantitative estimate of drug-likeness (QED) is 0.718. The zero-order valence-corrected chi connectivity index (χ0v) is 6.60. The Morgan fingerprint density at radius 3 is 2.31 bits per heavy atom. The summed E-state index contributed by atoms with van der Waals surface area (Å²) in [4.78, 5) is 0. The topological polar surface area (TPSA) is 20.2 Å². The zero-order chi connectivity index (χ0) is 10.1. The highest BCUT2D eigenvalue weighted by molar-refractivity contribution is 5.56. The first kappa shape index (κ1) is 9.64. The third kappa shape index (κ3) is 2.02. The molecule has 0 heterocycles. The van der Waals surface area contributed by atoms with E-state index in [1.165, 1.54) is 12.1 Å². The lowest BCUT2D eigenvalue weighted by molar-refractivity contribution is -0.137. The van der Waals surface area contributed by atoms with E-state index in [1.807, 2.05) is 0 Å². The van der Waals surface area contributed by atoms with E-state index >= 15 is 0 Å². The van der Waals surface area contributed by atoms with Crippen LogP contribution < -0.4 is 0 Å². The van der Waals surface area contributed by atoms with E-state index in [-0.39, 0.29) is 5.56 Å². The second-order valence-corrected chi connectivity index (χ2v) is 2.48. The van der Waals surface area contributed by atoms with Gasteiger partial charge in [-0.15, -0.1) is 0 Å². The van der Waals surface area contributed by atoms with Crippen LogP contribution in [0.15, 0.2) is 24.8 Å². The molecule has 70 valence electrons. The van der Waals surface area contributed by atoms with Crippen LogP contribution in [0.2, 0.25) is 0 Å². The highest BCUT2D eigenvalue weighted by atomic mass is 19.4. The fourth-order valence-electron chi connectivity index (χ4n) is 0.893. The van der Waals surface area contributed by atoms with Gasteiger partial charge in [-0.05, 0) is 12.1 Å². The van der Waals surface area contributed by atoms with Crippen molar-refractivity contribution in [1.82, 2.24) is 0 Å². The molecule has 0 saturated heterocycles. The van der Waals surface area contributed by atoms with Crippen LogP contribution in [0.5, 0.6) is 5.75 Å². The Kier molecular flexibility index (Phi) is 2.32. The van der Waals surface area contributed by atoms with Gasteiger partial charge >= 0.3 is 6.18 Å². The van der Waals surface area contributed by atoms with Crippen molar-refractivity contribution in [3.8, 4) is 5.75 Å². The molecule has 0 radical (unpaired) electrons. The second-order valence-electron chi connectivity index (χ2n) is 2.48. The minimum absolute atomic E-state index is 0.285. The predicted octanol–water partition coefficient (Wildman–Crippen LogP) is 3.05. The van der Waals surface area contributed by atoms with Gasteiger partial charge in [0.05, 0.1) is 5.56 Å². The van der Waals surface area contributed by atoms with Crippen LogP contribution in [0, 0.1) is 0 Å². The van der Waals surface area contributed by atoms with Crippen molar-refractivity contribution < 1.29 is 18.3 Å². The molecule has 1 aromatic rings. The maximum atomic E-state index is 12.1. The standard InChI is InChI=1S/C9H7F3O/c1-2-6-3-4-7(5-8(6)13)9(10,11)12/h2-5,13H,1H2. The second kappa shape index (κ2) is 3.12. The average Bonchev–Trinajstić information content (AvgIpc) is 2.02. The molecular weight excluding hydrogens is 181 g/mol. The molecule has 4 heteroatoms. The molecule has 1 N–H and O–H groups in total. The molecule has 0 spiro atoms. The smallest absolute Gasteiger partial charge is 0.416 e. The maximum absolute atomic E-state index is 12.1. The van der Waals surface area contributed by atoms with Crippen molar-refractivity contribution >= 4 is 6.08 Å². The Morgan fingerprint density at radius 2 is 1.92 bits per heavy atom. The normalized spacial score (nSPS) is 11.3. The largest absolute Gasteiger partial charge is 0.507 e. The Hall–Kier alpha value is -1.45. The lowest BCUT2D eigenvalue weighted by atomic mass is 10.1. The summed E-state index contributed by atoms with van der Waals surface area (Å²) in [7, 11) is 0. The Bertz CT molecular complexity index is 328. The number of alkyl halides is 3. The predicted molar refractivity (Wildman–Crippen MR) is 43.2 cm³/mol. The number of benzene rings is 1. The summed E-state index contributed by atoms with van der Waals surface area (Å²) in [6, 6.07) is 2.75. The summed E-state index contributed by atoms with van der Waals surface area (Å²) >= 11 is 0. The number of rotatable bonds is 1. The van der Waals surface area contributed by atoms with Crippen LogP contribution in [0.25, 0.3) is 6.08 Å². The van der Waals surface area contributed by atoms with Gasteiger partial charge in [0.2, 0.25) is 0 Å². The number of hydrogen-bond donors (Lipinski definition) is 1. The fourth-order valence-corrected chi connectivity index (χ4v) is 0.893. The molecule has 0 saturated carbocycles. The van der Waals surface area contributed by atoms with Crippen molar-refractivity contribution in [2.24, 2.45) is 0 Å². The molecule has 0 aromatic heterocycles. The van der Waals surface area contributed by atoms with Crippen LogP contribution >= 0.6 is 0 Å². The molecular formula is C9H7F3O. The molecule has 0 atom stereocenters. The number of aromatic hydroxyl groups is 1. The molecule has 0 amide bonds. The van der Waals surface area contributed by atoms with Gasteiger partial charge in [0.25, 0.3) is 0 Å². The van der Waals surface area contributed by atoms with E-state index in [4.69, 9.17) is 5.11 Å². The van der Waals surface area contributed by atoms with Gasteiger partial charge in [0, 0.05) is 5.56 Å². The van der Waals surface area contributed by atoms with Crippen molar-refractivity contribution in [2.75, 3.05) is 0 Å². The minimum Gasteiger partial charge on any atom is -0.507 e. The summed E-state index contributed by atoms with van der Waals surface area (Å²) in [5.74, 6) is -0.412. The van der Waals surface area contributed by atoms with Crippen molar-refractivity contribution in [2.45, 2.75) is 6.18 Å². The summed E-state index contributed by atoms with van der Waals surface area (Å²) in [5, 5.41) is 9.08. The highest BCUT2D eigenvalue weighted by Gasteiger charge is 2.30. The van der Waals surface area contributed by atoms with Gasteiger partial charge in [-0.2, -0.15) is 13.2 Å². The number of halogens is 3. The molecule has 0 bridgehead atoms. The lowest BCUT2D eigenvalue weighted by Gasteiger charge is -2.07. The first-order valence-electron chi connectivity index (χ1n) is 3.48. The lowest BCUT2D eigenvalue weighted by Crippen LogP contribution is -2.04. The van der Waals surface area contributed by atoms with Gasteiger partial charge in [0.15, 0.2) is 0 Å². The van der Waals surface area contributed by atoms with Crippen LogP contribution in [0.1, 0.15) is 11.1 Å². The summed E-state index contributed by atoms with van der Waals surface area (Å²) in [6.45, 7) is 3.34. The third-order valence-electron chi connectivity index (χ3n) is 1.58. The molecule has 0 aliphatic heterocycles. The third-order valence-corrected chi connectivity index (χ3v) is 1.58. The monoisotopic (exact) mass is 188 g/mol. The molecule has 0 fully saturated rings. The van der Waals surface area contributed by atoms with Gasteiger partial charge < -0.3 is 5.11 Å². The molecule has 1 rings (SSSR count). The van der Waals surface area contributed by atoms with Gasteiger partial charge in [-0.25, -0.2) is 0 Å². The van der Waals surface area contributed by atoms with Crippen LogP contribution in [0.4, 0.5) is 13.2 Å². The van der Waals surface area contributed by atoms with Gasteiger partial charge in [0.1, 0.15) is 5.75 Å². The molecule has 1 aromatic carbocycles. The summed E-state index contributed by atoms with van der Waals surface area (Å²) < 4.78 is 36.2. The van der Waals surface area contributed by atoms with Crippen LogP contribution in [0.3, 0.4) is 0 Å². The van der Waals surface area contributed by atoms with E-state index in [2.05, 4.69) is 6.58 Å². The Labute approximate surface area is 73.1 Å². The van der Waals surface area contributed by atoms with E-state index in [9.17, 15) is 13.2 Å². The summed E-state index contributed by atoms with van der Waals surface area (Å²) in [6.07, 6.45) is -3.13. The first-order valence-corrected chi connectivity index (χ1v) is 3.48. The number of hydrogen-bond acceptors (Lipinski definition) is 1. The number of phenols is 1. The molecule has 0 aliphatic rings. The SMILES string of the molecule is C=Cc1ccc(C(F)(F)F)cc1O. The zero-order valence-electron chi connectivity index (χ0n) is 6.60. The molecule has 0 unspecified atom stereocenters. The van der Waals surface area contributed by atoms with Crippen LogP contribution in [-0.2, 0) is 6.18 Å². The Balaban J connectivity index is 3.17. The van der Waals surface area contributed by atoms with E-state index in [0.29, 0.717) is 6.07 Å². The van der Waals surface area contributed by atoms with Gasteiger partial charge in [-0.1, -0.05) is 18.7 Å². The van der Waals surface area contributed by atoms with E-state index < -0.39 is 17.5 Å². The maximum Gasteiger partial charge on any atom is 0.416 e. The van der Waals surface area contributed by atoms with Crippen molar-refractivity contribution in [3.05, 3.63) is 35.9 Å². The Morgan fingerprint density at radius 1 is 1.31 bits per heavy atom. The minimum atomic E-state index is -4.42. The molecule has 1 nitrogen and oxygen atoms in total. The van der Waals surface area contributed by atoms with Crippen molar-refractivity contribution in [1.29, 1.82) is 0 Å². The first-order chi connectivity index (χ1) is 5.95. The number of phenolic OH excluding ortho intramolecular Hbond substituents is 1. The summed E-state index contributed by atoms with van der Waals surface area (Å²) in [5.41, 5.74) is -0.580. The molecule has 13 heavy (non-hydrogen) atoms. The highest BCUT2D eigenvalue weighted by Crippen LogP contribution is 2.32.